The fourth-order valence-electron chi connectivity index (χ4n) is 1.02. The number of nitrogen functional groups attached to an aromatic ring is 1. The molecule has 2 N–H and O–H groups in total. The molecule has 0 radical (unpaired) electrons. The molecule has 0 aliphatic rings. The molecule has 62 valence electrons. The standard InChI is InChI=1S/C7H4BrFN2O/c8-3-1-4(9)6-5(2-3)11-12-7(6)10/h1-2H,10H2. The van der Waals surface area contributed by atoms with E-state index in [1.807, 2.05) is 0 Å². The Balaban J connectivity index is 2.93. The van der Waals surface area contributed by atoms with Crippen molar-refractivity contribution in [2.75, 3.05) is 5.73 Å². The number of hydrogen-bond acceptors (Lipinski definition) is 3. The topological polar surface area (TPSA) is 52.0 Å². The Bertz CT molecular complexity index is 440. The SMILES string of the molecule is Nc1onc2cc(Br)cc(F)c12. The monoisotopic (exact) mass is 230 g/mol. The van der Waals surface area contributed by atoms with E-state index < -0.39 is 5.82 Å². The first-order valence-corrected chi connectivity index (χ1v) is 3.97. The maximum Gasteiger partial charge on any atom is 0.232 e. The van der Waals surface area contributed by atoms with Crippen LogP contribution in [0.5, 0.6) is 0 Å². The van der Waals surface area contributed by atoms with E-state index in [4.69, 9.17) is 5.73 Å². The van der Waals surface area contributed by atoms with Crippen LogP contribution in [0.1, 0.15) is 0 Å². The second-order valence-electron chi connectivity index (χ2n) is 2.33. The molecule has 0 bridgehead atoms. The van der Waals surface area contributed by atoms with Gasteiger partial charge in [0.1, 0.15) is 16.7 Å². The third kappa shape index (κ3) is 0.972. The molecule has 12 heavy (non-hydrogen) atoms. The summed E-state index contributed by atoms with van der Waals surface area (Å²) >= 11 is 3.13. The summed E-state index contributed by atoms with van der Waals surface area (Å²) in [5.74, 6) is -0.423. The van der Waals surface area contributed by atoms with Crippen LogP contribution in [0.2, 0.25) is 0 Å². The summed E-state index contributed by atoms with van der Waals surface area (Å²) in [4.78, 5) is 0. The smallest absolute Gasteiger partial charge is 0.232 e. The quantitative estimate of drug-likeness (QED) is 0.756. The van der Waals surface area contributed by atoms with E-state index >= 15 is 0 Å². The molecule has 0 aliphatic carbocycles. The van der Waals surface area contributed by atoms with Crippen molar-refractivity contribution in [2.24, 2.45) is 0 Å². The van der Waals surface area contributed by atoms with Crippen molar-refractivity contribution in [3.63, 3.8) is 0 Å². The van der Waals surface area contributed by atoms with Crippen LogP contribution < -0.4 is 5.73 Å². The van der Waals surface area contributed by atoms with E-state index in [2.05, 4.69) is 25.6 Å². The maximum absolute atomic E-state index is 13.1. The van der Waals surface area contributed by atoms with Gasteiger partial charge in [0.15, 0.2) is 0 Å². The molecule has 0 unspecified atom stereocenters. The number of anilines is 1. The van der Waals surface area contributed by atoms with Gasteiger partial charge in [-0.15, -0.1) is 0 Å². The molecular weight excluding hydrogens is 227 g/mol. The average Bonchev–Trinajstić information content (AvgIpc) is 2.31. The lowest BCUT2D eigenvalue weighted by atomic mass is 10.2. The zero-order valence-corrected chi connectivity index (χ0v) is 7.43. The van der Waals surface area contributed by atoms with Crippen molar-refractivity contribution in [2.45, 2.75) is 0 Å². The van der Waals surface area contributed by atoms with Crippen molar-refractivity contribution in [1.82, 2.24) is 5.16 Å². The minimum absolute atomic E-state index is 0.00926. The van der Waals surface area contributed by atoms with Crippen molar-refractivity contribution in [1.29, 1.82) is 0 Å². The minimum Gasteiger partial charge on any atom is -0.367 e. The molecule has 0 aliphatic heterocycles. The number of fused-ring (bicyclic) bond motifs is 1. The molecule has 0 fully saturated rings. The second-order valence-corrected chi connectivity index (χ2v) is 3.24. The summed E-state index contributed by atoms with van der Waals surface area (Å²) in [5, 5.41) is 3.80. The molecule has 0 amide bonds. The lowest BCUT2D eigenvalue weighted by molar-refractivity contribution is 0.445. The summed E-state index contributed by atoms with van der Waals surface area (Å²) < 4.78 is 18.4. The molecule has 0 saturated heterocycles. The van der Waals surface area contributed by atoms with Crippen molar-refractivity contribution in [3.8, 4) is 0 Å². The summed E-state index contributed by atoms with van der Waals surface area (Å²) in [6.45, 7) is 0. The van der Waals surface area contributed by atoms with E-state index in [0.717, 1.165) is 0 Å². The minimum atomic E-state index is -0.432. The lowest BCUT2D eigenvalue weighted by Gasteiger charge is -1.91. The number of halogens is 2. The van der Waals surface area contributed by atoms with Crippen LogP contribution in [-0.4, -0.2) is 5.16 Å². The molecule has 0 spiro atoms. The maximum atomic E-state index is 13.1. The summed E-state index contributed by atoms with van der Waals surface area (Å²) in [6, 6.07) is 2.95. The lowest BCUT2D eigenvalue weighted by Crippen LogP contribution is -1.83. The average molecular weight is 231 g/mol. The fourth-order valence-corrected chi connectivity index (χ4v) is 1.44. The van der Waals surface area contributed by atoms with Crippen LogP contribution in [0, 0.1) is 5.82 Å². The number of hydrogen-bond donors (Lipinski definition) is 1. The molecular formula is C7H4BrFN2O. The van der Waals surface area contributed by atoms with E-state index in [9.17, 15) is 4.39 Å². The summed E-state index contributed by atoms with van der Waals surface area (Å²) in [5.41, 5.74) is 5.76. The normalized spacial score (nSPS) is 10.8. The van der Waals surface area contributed by atoms with Gasteiger partial charge in [0.2, 0.25) is 5.88 Å². The van der Waals surface area contributed by atoms with Crippen molar-refractivity contribution >= 4 is 32.7 Å². The number of nitrogens with two attached hydrogens (primary N) is 1. The van der Waals surface area contributed by atoms with E-state index in [1.54, 1.807) is 6.07 Å². The highest BCUT2D eigenvalue weighted by molar-refractivity contribution is 9.10. The predicted octanol–water partition coefficient (Wildman–Crippen LogP) is 2.31. The van der Waals surface area contributed by atoms with E-state index in [1.165, 1.54) is 6.07 Å². The first kappa shape index (κ1) is 7.54. The summed E-state index contributed by atoms with van der Waals surface area (Å²) in [7, 11) is 0. The molecule has 0 saturated carbocycles. The van der Waals surface area contributed by atoms with Crippen LogP contribution in [0.4, 0.5) is 10.3 Å². The summed E-state index contributed by atoms with van der Waals surface area (Å²) in [6.07, 6.45) is 0. The number of nitrogens with zero attached hydrogens (tertiary/aromatic N) is 1. The van der Waals surface area contributed by atoms with Gasteiger partial charge >= 0.3 is 0 Å². The van der Waals surface area contributed by atoms with Crippen molar-refractivity contribution < 1.29 is 8.91 Å². The highest BCUT2D eigenvalue weighted by atomic mass is 79.9. The highest BCUT2D eigenvalue weighted by Gasteiger charge is 2.10. The molecule has 3 nitrogen and oxygen atoms in total. The number of benzene rings is 1. The number of rotatable bonds is 0. The number of aromatic nitrogens is 1. The largest absolute Gasteiger partial charge is 0.367 e. The van der Waals surface area contributed by atoms with Gasteiger partial charge in [0, 0.05) is 4.47 Å². The molecule has 2 rings (SSSR count). The Morgan fingerprint density at radius 3 is 3.00 bits per heavy atom. The molecule has 0 atom stereocenters. The third-order valence-electron chi connectivity index (χ3n) is 1.52. The Labute approximate surface area is 75.5 Å². The van der Waals surface area contributed by atoms with Crippen LogP contribution >= 0.6 is 15.9 Å². The van der Waals surface area contributed by atoms with E-state index in [0.29, 0.717) is 9.99 Å². The van der Waals surface area contributed by atoms with E-state index in [-0.39, 0.29) is 11.3 Å². The Kier molecular flexibility index (Phi) is 1.54. The van der Waals surface area contributed by atoms with Gasteiger partial charge in [0.05, 0.1) is 0 Å². The van der Waals surface area contributed by atoms with Gasteiger partial charge in [-0.05, 0) is 12.1 Å². The molecule has 1 heterocycles. The highest BCUT2D eigenvalue weighted by Crippen LogP contribution is 2.26. The zero-order chi connectivity index (χ0) is 8.72. The Hall–Kier alpha value is -1.10. The van der Waals surface area contributed by atoms with Crippen LogP contribution in [-0.2, 0) is 0 Å². The first-order valence-electron chi connectivity index (χ1n) is 3.18. The Morgan fingerprint density at radius 1 is 1.50 bits per heavy atom. The third-order valence-corrected chi connectivity index (χ3v) is 1.98. The molecule has 1 aromatic heterocycles. The van der Waals surface area contributed by atoms with Crippen LogP contribution in [0.25, 0.3) is 10.9 Å². The van der Waals surface area contributed by atoms with Gasteiger partial charge < -0.3 is 10.3 Å². The van der Waals surface area contributed by atoms with Gasteiger partial charge in [-0.1, -0.05) is 21.1 Å². The molecule has 1 aromatic carbocycles. The Morgan fingerprint density at radius 2 is 2.25 bits per heavy atom. The first-order chi connectivity index (χ1) is 5.68. The molecule has 5 heteroatoms. The van der Waals surface area contributed by atoms with Gasteiger partial charge in [-0.25, -0.2) is 4.39 Å². The van der Waals surface area contributed by atoms with Crippen molar-refractivity contribution in [3.05, 3.63) is 22.4 Å². The molecule has 2 aromatic rings. The van der Waals surface area contributed by atoms with Gasteiger partial charge in [0.25, 0.3) is 0 Å². The second kappa shape index (κ2) is 2.45. The van der Waals surface area contributed by atoms with Gasteiger partial charge in [-0.2, -0.15) is 0 Å². The predicted molar refractivity (Wildman–Crippen MR) is 46.1 cm³/mol. The van der Waals surface area contributed by atoms with Crippen LogP contribution in [0.15, 0.2) is 21.1 Å². The van der Waals surface area contributed by atoms with Gasteiger partial charge in [-0.3, -0.25) is 0 Å². The fraction of sp³-hybridized carbons (Fsp3) is 0. The van der Waals surface area contributed by atoms with Crippen LogP contribution in [0.3, 0.4) is 0 Å². The zero-order valence-electron chi connectivity index (χ0n) is 5.84.